The number of halogens is 1. The first-order valence-corrected chi connectivity index (χ1v) is 9.82. The van der Waals surface area contributed by atoms with Crippen LogP contribution in [-0.4, -0.2) is 36.9 Å². The zero-order chi connectivity index (χ0) is 19.8. The molecule has 0 radical (unpaired) electrons. The summed E-state index contributed by atoms with van der Waals surface area (Å²) in [6.45, 7) is 0.831. The normalized spacial score (nSPS) is 11.2. The molecule has 0 saturated carbocycles. The lowest BCUT2D eigenvalue weighted by Gasteiger charge is -2.36. The van der Waals surface area contributed by atoms with Crippen LogP contribution in [-0.2, 0) is 15.1 Å². The fourth-order valence-electron chi connectivity index (χ4n) is 3.33. The van der Waals surface area contributed by atoms with E-state index in [0.29, 0.717) is 13.2 Å². The van der Waals surface area contributed by atoms with Crippen molar-refractivity contribution in [2.75, 3.05) is 26.1 Å². The van der Waals surface area contributed by atoms with Gasteiger partial charge >= 0.3 is 0 Å². The number of ether oxygens (including phenoxy) is 1. The Morgan fingerprint density at radius 3 is 1.57 bits per heavy atom. The van der Waals surface area contributed by atoms with Gasteiger partial charge in [-0.2, -0.15) is 0 Å². The van der Waals surface area contributed by atoms with Gasteiger partial charge in [0.2, 0.25) is 5.91 Å². The summed E-state index contributed by atoms with van der Waals surface area (Å²) >= 11 is 5.67. The summed E-state index contributed by atoms with van der Waals surface area (Å²) in [5, 5.41) is 0. The minimum Gasteiger partial charge on any atom is -0.359 e. The van der Waals surface area contributed by atoms with Crippen molar-refractivity contribution in [2.45, 2.75) is 5.60 Å². The second-order valence-electron chi connectivity index (χ2n) is 6.58. The van der Waals surface area contributed by atoms with Gasteiger partial charge in [0.15, 0.2) is 0 Å². The summed E-state index contributed by atoms with van der Waals surface area (Å²) in [6.07, 6.45) is 0. The van der Waals surface area contributed by atoms with Crippen molar-refractivity contribution in [1.82, 2.24) is 4.90 Å². The van der Waals surface area contributed by atoms with E-state index < -0.39 is 5.60 Å². The molecule has 3 nitrogen and oxygen atoms in total. The van der Waals surface area contributed by atoms with Gasteiger partial charge in [-0.3, -0.25) is 4.79 Å². The highest BCUT2D eigenvalue weighted by Gasteiger charge is 2.37. The van der Waals surface area contributed by atoms with Gasteiger partial charge in [0.1, 0.15) is 11.5 Å². The van der Waals surface area contributed by atoms with Crippen molar-refractivity contribution in [1.29, 1.82) is 0 Å². The van der Waals surface area contributed by atoms with E-state index in [1.807, 2.05) is 54.6 Å². The molecule has 0 aliphatic carbocycles. The van der Waals surface area contributed by atoms with Gasteiger partial charge in [-0.1, -0.05) is 91.0 Å². The number of carbonyl (C=O) groups excluding carboxylic acids is 1. The van der Waals surface area contributed by atoms with Crippen LogP contribution < -0.4 is 0 Å². The van der Waals surface area contributed by atoms with Crippen LogP contribution in [0.25, 0.3) is 0 Å². The minimum absolute atomic E-state index is 0.0301. The Morgan fingerprint density at radius 2 is 1.21 bits per heavy atom. The molecule has 0 aromatic heterocycles. The lowest BCUT2D eigenvalue weighted by molar-refractivity contribution is -0.128. The first-order chi connectivity index (χ1) is 13.7. The van der Waals surface area contributed by atoms with Gasteiger partial charge in [0.25, 0.3) is 0 Å². The standard InChI is InChI=1S/C24H24ClNO2/c1-26(23(27)19-25)17-18-28-24(20-11-5-2-6-12-20,21-13-7-3-8-14-21)22-15-9-4-10-16-22/h2-16H,17-19H2,1H3. The molecule has 0 heterocycles. The minimum atomic E-state index is -0.769. The maximum Gasteiger partial charge on any atom is 0.237 e. The molecule has 0 N–H and O–H groups in total. The molecular weight excluding hydrogens is 370 g/mol. The van der Waals surface area contributed by atoms with Gasteiger partial charge in [-0.15, -0.1) is 11.6 Å². The molecule has 3 rings (SSSR count). The molecule has 0 fully saturated rings. The molecule has 144 valence electrons. The van der Waals surface area contributed by atoms with Crippen LogP contribution in [0, 0.1) is 0 Å². The zero-order valence-corrected chi connectivity index (χ0v) is 16.7. The number of hydrogen-bond donors (Lipinski definition) is 0. The maximum atomic E-state index is 11.8. The quantitative estimate of drug-likeness (QED) is 0.410. The Balaban J connectivity index is 2.05. The summed E-state index contributed by atoms with van der Waals surface area (Å²) in [7, 11) is 1.74. The number of amides is 1. The van der Waals surface area contributed by atoms with Crippen LogP contribution in [0.2, 0.25) is 0 Å². The molecule has 0 unspecified atom stereocenters. The molecule has 0 atom stereocenters. The maximum absolute atomic E-state index is 11.8. The Bertz CT molecular complexity index is 772. The number of hydrogen-bond acceptors (Lipinski definition) is 2. The molecule has 0 bridgehead atoms. The number of rotatable bonds is 8. The largest absolute Gasteiger partial charge is 0.359 e. The molecular formula is C24H24ClNO2. The van der Waals surface area contributed by atoms with E-state index in [2.05, 4.69) is 36.4 Å². The average Bonchev–Trinajstić information content (AvgIpc) is 2.78. The predicted molar refractivity (Wildman–Crippen MR) is 114 cm³/mol. The third kappa shape index (κ3) is 4.27. The van der Waals surface area contributed by atoms with Crippen LogP contribution >= 0.6 is 11.6 Å². The predicted octanol–water partition coefficient (Wildman–Crippen LogP) is 4.69. The van der Waals surface area contributed by atoms with E-state index in [9.17, 15) is 4.79 Å². The molecule has 3 aromatic rings. The van der Waals surface area contributed by atoms with Gasteiger partial charge < -0.3 is 9.64 Å². The number of nitrogens with zero attached hydrogens (tertiary/aromatic N) is 1. The van der Waals surface area contributed by atoms with Crippen molar-refractivity contribution in [3.8, 4) is 0 Å². The van der Waals surface area contributed by atoms with Gasteiger partial charge in [0, 0.05) is 13.6 Å². The average molecular weight is 394 g/mol. The highest BCUT2D eigenvalue weighted by molar-refractivity contribution is 6.27. The monoisotopic (exact) mass is 393 g/mol. The molecule has 28 heavy (non-hydrogen) atoms. The summed E-state index contributed by atoms with van der Waals surface area (Å²) in [6, 6.07) is 30.6. The molecule has 0 aliphatic rings. The first kappa shape index (κ1) is 20.1. The smallest absolute Gasteiger partial charge is 0.237 e. The van der Waals surface area contributed by atoms with Crippen LogP contribution in [0.4, 0.5) is 0 Å². The summed E-state index contributed by atoms with van der Waals surface area (Å²) in [4.78, 5) is 13.4. The topological polar surface area (TPSA) is 29.5 Å². The lowest BCUT2D eigenvalue weighted by atomic mass is 9.80. The fourth-order valence-corrected chi connectivity index (χ4v) is 3.54. The molecule has 4 heteroatoms. The number of benzene rings is 3. The molecule has 0 spiro atoms. The number of alkyl halides is 1. The van der Waals surface area contributed by atoms with Crippen molar-refractivity contribution >= 4 is 17.5 Å². The Kier molecular flexibility index (Phi) is 6.85. The van der Waals surface area contributed by atoms with Crippen molar-refractivity contribution < 1.29 is 9.53 Å². The Labute approximate surface area is 171 Å². The number of likely N-dealkylation sites (N-methyl/N-ethyl adjacent to an activating group) is 1. The van der Waals surface area contributed by atoms with E-state index in [0.717, 1.165) is 16.7 Å². The first-order valence-electron chi connectivity index (χ1n) is 9.29. The highest BCUT2D eigenvalue weighted by Crippen LogP contribution is 2.40. The fraction of sp³-hybridized carbons (Fsp3) is 0.208. The Hall–Kier alpha value is -2.62. The van der Waals surface area contributed by atoms with Crippen LogP contribution in [0.1, 0.15) is 16.7 Å². The third-order valence-electron chi connectivity index (χ3n) is 4.83. The zero-order valence-electron chi connectivity index (χ0n) is 15.9. The van der Waals surface area contributed by atoms with Gasteiger partial charge in [0.05, 0.1) is 6.61 Å². The summed E-state index contributed by atoms with van der Waals surface area (Å²) < 4.78 is 6.62. The Morgan fingerprint density at radius 1 is 0.821 bits per heavy atom. The van der Waals surface area contributed by atoms with E-state index in [4.69, 9.17) is 16.3 Å². The van der Waals surface area contributed by atoms with Crippen LogP contribution in [0.15, 0.2) is 91.0 Å². The van der Waals surface area contributed by atoms with Crippen LogP contribution in [0.5, 0.6) is 0 Å². The summed E-state index contributed by atoms with van der Waals surface area (Å²) in [5.74, 6) is -0.146. The summed E-state index contributed by atoms with van der Waals surface area (Å²) in [5.41, 5.74) is 2.35. The molecule has 0 aliphatic heterocycles. The van der Waals surface area contributed by atoms with Gasteiger partial charge in [-0.25, -0.2) is 0 Å². The lowest BCUT2D eigenvalue weighted by Crippen LogP contribution is -2.37. The SMILES string of the molecule is CN(CCOC(c1ccccc1)(c1ccccc1)c1ccccc1)C(=O)CCl. The van der Waals surface area contributed by atoms with Gasteiger partial charge in [-0.05, 0) is 16.7 Å². The number of carbonyl (C=O) groups is 1. The third-order valence-corrected chi connectivity index (χ3v) is 5.05. The van der Waals surface area contributed by atoms with Crippen molar-refractivity contribution in [3.05, 3.63) is 108 Å². The molecule has 1 amide bonds. The van der Waals surface area contributed by atoms with Crippen molar-refractivity contribution in [2.24, 2.45) is 0 Å². The van der Waals surface area contributed by atoms with Crippen LogP contribution in [0.3, 0.4) is 0 Å². The van der Waals surface area contributed by atoms with E-state index in [-0.39, 0.29) is 11.8 Å². The van der Waals surface area contributed by atoms with Crippen molar-refractivity contribution in [3.63, 3.8) is 0 Å². The van der Waals surface area contributed by atoms with E-state index >= 15 is 0 Å². The van der Waals surface area contributed by atoms with E-state index in [1.165, 1.54) is 0 Å². The molecule has 3 aromatic carbocycles. The highest BCUT2D eigenvalue weighted by atomic mass is 35.5. The second kappa shape index (κ2) is 9.54. The second-order valence-corrected chi connectivity index (χ2v) is 6.84. The molecule has 0 saturated heterocycles. The van der Waals surface area contributed by atoms with E-state index in [1.54, 1.807) is 11.9 Å².